The molecule has 0 radical (unpaired) electrons. The van der Waals surface area contributed by atoms with Gasteiger partial charge >= 0.3 is 0 Å². The normalized spacial score (nSPS) is 20.3. The highest BCUT2D eigenvalue weighted by atomic mass is 19.1. The summed E-state index contributed by atoms with van der Waals surface area (Å²) in [7, 11) is 0. The van der Waals surface area contributed by atoms with E-state index in [1.165, 1.54) is 13.0 Å². The SMILES string of the molecule is CC(=O)N[C@@H](Cc1cncc(F)c1)[C@@H](O)CN[C@H]1CC2(CCC2)Oc2ncc(CC(C)(C)C)cc21. The van der Waals surface area contributed by atoms with Gasteiger partial charge in [0.25, 0.3) is 0 Å². The van der Waals surface area contributed by atoms with Gasteiger partial charge in [0.1, 0.15) is 11.4 Å². The number of aromatic nitrogens is 2. The van der Waals surface area contributed by atoms with Crippen LogP contribution < -0.4 is 15.4 Å². The molecule has 190 valence electrons. The van der Waals surface area contributed by atoms with E-state index in [-0.39, 0.29) is 35.9 Å². The number of nitrogens with zero attached hydrogens (tertiary/aromatic N) is 2. The number of carbonyl (C=O) groups excluding carboxylic acids is 1. The Kier molecular flexibility index (Phi) is 7.43. The molecule has 0 saturated heterocycles. The van der Waals surface area contributed by atoms with Crippen LogP contribution in [0.2, 0.25) is 0 Å². The number of hydrogen-bond acceptors (Lipinski definition) is 6. The Hall–Kier alpha value is -2.58. The quantitative estimate of drug-likeness (QED) is 0.529. The molecule has 0 aromatic carbocycles. The predicted octanol–water partition coefficient (Wildman–Crippen LogP) is 3.65. The number of hydrogen-bond donors (Lipinski definition) is 3. The van der Waals surface area contributed by atoms with Crippen LogP contribution in [-0.2, 0) is 17.6 Å². The van der Waals surface area contributed by atoms with E-state index in [1.54, 1.807) is 6.20 Å². The van der Waals surface area contributed by atoms with Crippen LogP contribution in [0.1, 0.15) is 76.1 Å². The van der Waals surface area contributed by atoms with Crippen molar-refractivity contribution in [2.75, 3.05) is 6.54 Å². The number of nitrogens with one attached hydrogen (secondary N) is 2. The van der Waals surface area contributed by atoms with Crippen molar-refractivity contribution in [3.63, 3.8) is 0 Å². The summed E-state index contributed by atoms with van der Waals surface area (Å²) in [5.74, 6) is -0.0241. The van der Waals surface area contributed by atoms with Crippen LogP contribution in [0.4, 0.5) is 4.39 Å². The second kappa shape index (κ2) is 10.2. The number of aliphatic hydroxyl groups is 1. The smallest absolute Gasteiger partial charge is 0.218 e. The molecule has 1 spiro atoms. The minimum absolute atomic E-state index is 0.0186. The van der Waals surface area contributed by atoms with E-state index in [0.717, 1.165) is 49.4 Å². The molecule has 3 atom stereocenters. The van der Waals surface area contributed by atoms with Crippen LogP contribution in [0.25, 0.3) is 0 Å². The third-order valence-corrected chi connectivity index (χ3v) is 6.84. The molecule has 2 aliphatic rings. The Bertz CT molecular complexity index is 1050. The highest BCUT2D eigenvalue weighted by Crippen LogP contribution is 2.48. The lowest BCUT2D eigenvalue weighted by molar-refractivity contribution is -0.120. The lowest BCUT2D eigenvalue weighted by atomic mass is 9.73. The molecule has 1 aliphatic carbocycles. The third kappa shape index (κ3) is 6.55. The van der Waals surface area contributed by atoms with E-state index in [1.807, 2.05) is 6.20 Å². The van der Waals surface area contributed by atoms with E-state index in [2.05, 4.69) is 47.4 Å². The molecule has 2 aromatic heterocycles. The molecule has 2 aromatic rings. The highest BCUT2D eigenvalue weighted by molar-refractivity contribution is 5.73. The zero-order valence-electron chi connectivity index (χ0n) is 21.1. The van der Waals surface area contributed by atoms with Gasteiger partial charge in [0, 0.05) is 43.9 Å². The van der Waals surface area contributed by atoms with Crippen LogP contribution in [-0.4, -0.2) is 45.3 Å². The second-order valence-corrected chi connectivity index (χ2v) is 11.4. The van der Waals surface area contributed by atoms with Crippen molar-refractivity contribution in [2.24, 2.45) is 5.41 Å². The number of pyridine rings is 2. The van der Waals surface area contributed by atoms with Crippen molar-refractivity contribution in [3.8, 4) is 5.88 Å². The summed E-state index contributed by atoms with van der Waals surface area (Å²) < 4.78 is 20.0. The van der Waals surface area contributed by atoms with Gasteiger partial charge in [0.2, 0.25) is 11.8 Å². The number of amides is 1. The van der Waals surface area contributed by atoms with E-state index in [4.69, 9.17) is 4.74 Å². The van der Waals surface area contributed by atoms with Gasteiger partial charge in [-0.25, -0.2) is 9.37 Å². The fourth-order valence-electron chi connectivity index (χ4n) is 5.12. The van der Waals surface area contributed by atoms with Gasteiger partial charge in [-0.3, -0.25) is 9.78 Å². The molecule has 0 bridgehead atoms. The van der Waals surface area contributed by atoms with Gasteiger partial charge in [0.05, 0.1) is 18.3 Å². The number of carbonyl (C=O) groups is 1. The Morgan fingerprint density at radius 2 is 2.03 bits per heavy atom. The number of halogens is 1. The van der Waals surface area contributed by atoms with Crippen LogP contribution in [0.15, 0.2) is 30.7 Å². The van der Waals surface area contributed by atoms with Crippen molar-refractivity contribution >= 4 is 5.91 Å². The minimum Gasteiger partial charge on any atom is -0.471 e. The molecule has 3 heterocycles. The van der Waals surface area contributed by atoms with Crippen molar-refractivity contribution in [1.29, 1.82) is 0 Å². The highest BCUT2D eigenvalue weighted by Gasteiger charge is 2.46. The molecule has 8 heteroatoms. The summed E-state index contributed by atoms with van der Waals surface area (Å²) >= 11 is 0. The molecule has 1 fully saturated rings. The number of ether oxygens (including phenoxy) is 1. The van der Waals surface area contributed by atoms with Gasteiger partial charge < -0.3 is 20.5 Å². The fourth-order valence-corrected chi connectivity index (χ4v) is 5.12. The van der Waals surface area contributed by atoms with Gasteiger partial charge in [-0.15, -0.1) is 0 Å². The first-order chi connectivity index (χ1) is 16.5. The maximum Gasteiger partial charge on any atom is 0.218 e. The first-order valence-electron chi connectivity index (χ1n) is 12.5. The van der Waals surface area contributed by atoms with Gasteiger partial charge in [-0.05, 0) is 60.8 Å². The Balaban J connectivity index is 1.50. The van der Waals surface area contributed by atoms with Crippen molar-refractivity contribution in [1.82, 2.24) is 20.6 Å². The van der Waals surface area contributed by atoms with E-state index in [9.17, 15) is 14.3 Å². The summed E-state index contributed by atoms with van der Waals surface area (Å²) in [5, 5.41) is 17.4. The van der Waals surface area contributed by atoms with E-state index in [0.29, 0.717) is 11.4 Å². The largest absolute Gasteiger partial charge is 0.471 e. The zero-order valence-corrected chi connectivity index (χ0v) is 21.1. The third-order valence-electron chi connectivity index (χ3n) is 6.84. The maximum atomic E-state index is 13.6. The van der Waals surface area contributed by atoms with Gasteiger partial charge in [0.15, 0.2) is 0 Å². The first kappa shape index (κ1) is 25.5. The zero-order chi connectivity index (χ0) is 25.2. The monoisotopic (exact) mass is 484 g/mol. The molecule has 0 unspecified atom stereocenters. The molecule has 3 N–H and O–H groups in total. The Morgan fingerprint density at radius 1 is 1.26 bits per heavy atom. The topological polar surface area (TPSA) is 96.4 Å². The fraction of sp³-hybridized carbons (Fsp3) is 0.593. The molecule has 1 aliphatic heterocycles. The Labute approximate surface area is 206 Å². The molecule has 7 nitrogen and oxygen atoms in total. The number of aliphatic hydroxyl groups excluding tert-OH is 1. The molecular formula is C27H37FN4O3. The molecular weight excluding hydrogens is 447 g/mol. The van der Waals surface area contributed by atoms with Gasteiger partial charge in [-0.2, -0.15) is 0 Å². The lowest BCUT2D eigenvalue weighted by Gasteiger charge is -2.47. The number of fused-ring (bicyclic) bond motifs is 1. The maximum absolute atomic E-state index is 13.6. The summed E-state index contributed by atoms with van der Waals surface area (Å²) in [6.45, 7) is 8.28. The van der Waals surface area contributed by atoms with Crippen LogP contribution in [0.5, 0.6) is 5.88 Å². The van der Waals surface area contributed by atoms with E-state index < -0.39 is 18.0 Å². The number of rotatable bonds is 8. The summed E-state index contributed by atoms with van der Waals surface area (Å²) in [6, 6.07) is 2.95. The van der Waals surface area contributed by atoms with Gasteiger partial charge in [-0.1, -0.05) is 20.8 Å². The molecule has 35 heavy (non-hydrogen) atoms. The van der Waals surface area contributed by atoms with Crippen molar-refractivity contribution < 1.29 is 19.0 Å². The minimum atomic E-state index is -0.878. The summed E-state index contributed by atoms with van der Waals surface area (Å²) in [6.07, 6.45) is 8.85. The molecule has 4 rings (SSSR count). The Morgan fingerprint density at radius 3 is 2.66 bits per heavy atom. The molecule has 1 saturated carbocycles. The van der Waals surface area contributed by atoms with E-state index >= 15 is 0 Å². The van der Waals surface area contributed by atoms with Crippen molar-refractivity contribution in [2.45, 2.75) is 90.0 Å². The summed E-state index contributed by atoms with van der Waals surface area (Å²) in [5.41, 5.74) is 2.73. The first-order valence-corrected chi connectivity index (χ1v) is 12.5. The lowest BCUT2D eigenvalue weighted by Crippen LogP contribution is -2.52. The average Bonchev–Trinajstić information content (AvgIpc) is 2.74. The second-order valence-electron chi connectivity index (χ2n) is 11.4. The van der Waals surface area contributed by atoms with Crippen LogP contribution in [0, 0.1) is 11.2 Å². The predicted molar refractivity (Wildman–Crippen MR) is 131 cm³/mol. The average molecular weight is 485 g/mol. The van der Waals surface area contributed by atoms with Crippen LogP contribution in [0.3, 0.4) is 0 Å². The summed E-state index contributed by atoms with van der Waals surface area (Å²) in [4.78, 5) is 20.4. The van der Waals surface area contributed by atoms with Crippen LogP contribution >= 0.6 is 0 Å². The van der Waals surface area contributed by atoms with Crippen molar-refractivity contribution in [3.05, 3.63) is 53.2 Å². The standard InChI is InChI=1S/C27H37FN4O3/c1-17(33)32-22(10-18-8-20(28)15-29-13-18)24(34)16-30-23-12-27(6-5-7-27)35-25-21(23)9-19(14-31-25)11-26(2,3)4/h8-9,13-15,22-24,30,34H,5-7,10-12,16H2,1-4H3,(H,32,33)/t22-,23-,24-/m0/s1. The molecule has 1 amide bonds.